The van der Waals surface area contributed by atoms with Crippen LogP contribution in [0.1, 0.15) is 42.1 Å². The van der Waals surface area contributed by atoms with Crippen molar-refractivity contribution in [1.29, 1.82) is 0 Å². The Kier molecular flexibility index (Phi) is 6.31. The molecule has 0 aromatic heterocycles. The van der Waals surface area contributed by atoms with E-state index >= 15 is 0 Å². The summed E-state index contributed by atoms with van der Waals surface area (Å²) < 4.78 is 5.85. The van der Waals surface area contributed by atoms with Crippen LogP contribution < -0.4 is 10.5 Å². The van der Waals surface area contributed by atoms with Crippen molar-refractivity contribution >= 4 is 29.0 Å². The second kappa shape index (κ2) is 8.83. The SMILES string of the molecule is CCCCOc1ccc(O)c2c1C[C@H]1C[C@H]3[C@H](N(C)C)C(=O)C(C(N)=O)C(=O)[C@@]3(O)C(=O)C1C2=O. The lowest BCUT2D eigenvalue weighted by Gasteiger charge is -2.52. The predicted molar refractivity (Wildman–Crippen MR) is 122 cm³/mol. The first-order valence-corrected chi connectivity index (χ1v) is 11.8. The van der Waals surface area contributed by atoms with Gasteiger partial charge in [-0.2, -0.15) is 0 Å². The van der Waals surface area contributed by atoms with Gasteiger partial charge in [0.15, 0.2) is 34.7 Å². The molecule has 3 aliphatic carbocycles. The average Bonchev–Trinajstić information content (AvgIpc) is 2.77. The molecule has 2 unspecified atom stereocenters. The fourth-order valence-corrected chi connectivity index (χ4v) is 6.04. The van der Waals surface area contributed by atoms with Crippen molar-refractivity contribution in [2.75, 3.05) is 20.7 Å². The summed E-state index contributed by atoms with van der Waals surface area (Å²) in [5.41, 5.74) is 2.99. The summed E-state index contributed by atoms with van der Waals surface area (Å²) in [4.78, 5) is 67.0. The summed E-state index contributed by atoms with van der Waals surface area (Å²) >= 11 is 0. The Morgan fingerprint density at radius 3 is 2.49 bits per heavy atom. The largest absolute Gasteiger partial charge is 0.507 e. The second-order valence-corrected chi connectivity index (χ2v) is 9.93. The number of amides is 1. The smallest absolute Gasteiger partial charge is 0.235 e. The molecule has 188 valence electrons. The van der Waals surface area contributed by atoms with Gasteiger partial charge in [0.05, 0.1) is 24.1 Å². The highest BCUT2D eigenvalue weighted by Crippen LogP contribution is 2.51. The second-order valence-electron chi connectivity index (χ2n) is 9.93. The number of hydrogen-bond donors (Lipinski definition) is 3. The van der Waals surface area contributed by atoms with Gasteiger partial charge in [0.1, 0.15) is 11.5 Å². The zero-order valence-corrected chi connectivity index (χ0v) is 19.9. The van der Waals surface area contributed by atoms with Crippen molar-refractivity contribution < 1.29 is 38.9 Å². The molecule has 10 heteroatoms. The number of ketones is 4. The number of benzene rings is 1. The first-order chi connectivity index (χ1) is 16.5. The maximum atomic E-state index is 13.7. The Labute approximate surface area is 202 Å². The van der Waals surface area contributed by atoms with Crippen LogP contribution >= 0.6 is 0 Å². The summed E-state index contributed by atoms with van der Waals surface area (Å²) in [5, 5.41) is 22.0. The minimum atomic E-state index is -2.72. The molecule has 35 heavy (non-hydrogen) atoms. The molecule has 1 aromatic carbocycles. The molecule has 0 heterocycles. The molecule has 1 amide bonds. The van der Waals surface area contributed by atoms with Crippen LogP contribution in [0.3, 0.4) is 0 Å². The molecule has 10 nitrogen and oxygen atoms in total. The summed E-state index contributed by atoms with van der Waals surface area (Å²) in [6.07, 6.45) is 1.88. The number of aliphatic hydroxyl groups is 1. The Morgan fingerprint density at radius 1 is 1.20 bits per heavy atom. The number of rotatable bonds is 6. The number of unbranched alkanes of at least 4 members (excludes halogenated alkanes) is 1. The van der Waals surface area contributed by atoms with E-state index in [1.807, 2.05) is 6.92 Å². The van der Waals surface area contributed by atoms with E-state index in [0.29, 0.717) is 17.9 Å². The van der Waals surface area contributed by atoms with Crippen LogP contribution in [-0.4, -0.2) is 76.5 Å². The monoisotopic (exact) mass is 486 g/mol. The van der Waals surface area contributed by atoms with Crippen molar-refractivity contribution in [3.05, 3.63) is 23.3 Å². The van der Waals surface area contributed by atoms with Gasteiger partial charge in [-0.15, -0.1) is 0 Å². The minimum absolute atomic E-state index is 0.00789. The van der Waals surface area contributed by atoms with Crippen LogP contribution in [0.4, 0.5) is 0 Å². The topological polar surface area (TPSA) is 164 Å². The Morgan fingerprint density at radius 2 is 1.89 bits per heavy atom. The molecule has 1 aromatic rings. The van der Waals surface area contributed by atoms with Crippen LogP contribution in [0.2, 0.25) is 0 Å². The van der Waals surface area contributed by atoms with Crippen LogP contribution in [-0.2, 0) is 25.6 Å². The number of carbonyl (C=O) groups is 5. The highest BCUT2D eigenvalue weighted by molar-refractivity contribution is 6.32. The quantitative estimate of drug-likeness (QED) is 0.372. The number of Topliss-reactive ketones (excluding diaryl/α,β-unsaturated/α-hetero) is 4. The van der Waals surface area contributed by atoms with Crippen molar-refractivity contribution in [2.45, 2.75) is 44.2 Å². The molecule has 2 saturated carbocycles. The standard InChI is InChI=1S/C25H30N2O8/c1-4-5-8-35-15-7-6-14(28)17-12(15)9-11-10-13-19(27(2)3)21(30)18(24(26)33)23(32)25(13,34)22(31)16(11)20(17)29/h6-7,11,13,16,18-19,28,34H,4-5,8-10H2,1-3H3,(H2,26,33)/t11-,13-,16?,18?,19-,25-/m0/s1. The van der Waals surface area contributed by atoms with Crippen molar-refractivity contribution in [3.63, 3.8) is 0 Å². The molecule has 2 fully saturated rings. The number of carbonyl (C=O) groups excluding carboxylic acids is 5. The molecule has 0 aliphatic heterocycles. The third kappa shape index (κ3) is 3.58. The fourth-order valence-electron chi connectivity index (χ4n) is 6.04. The average molecular weight is 487 g/mol. The van der Waals surface area contributed by atoms with Crippen LogP contribution in [0.5, 0.6) is 11.5 Å². The highest BCUT2D eigenvalue weighted by Gasteiger charge is 2.69. The zero-order chi connectivity index (χ0) is 25.8. The van der Waals surface area contributed by atoms with E-state index in [2.05, 4.69) is 0 Å². The molecular weight excluding hydrogens is 456 g/mol. The number of primary amides is 1. The number of phenols is 1. The summed E-state index contributed by atoms with van der Waals surface area (Å²) in [7, 11) is 3.10. The third-order valence-electron chi connectivity index (χ3n) is 7.66. The molecule has 0 saturated heterocycles. The van der Waals surface area contributed by atoms with E-state index in [1.54, 1.807) is 20.2 Å². The lowest BCUT2D eigenvalue weighted by molar-refractivity contribution is -0.181. The number of aromatic hydroxyl groups is 1. The van der Waals surface area contributed by atoms with Gasteiger partial charge in [0, 0.05) is 11.5 Å². The maximum absolute atomic E-state index is 13.7. The van der Waals surface area contributed by atoms with E-state index in [1.165, 1.54) is 11.0 Å². The fraction of sp³-hybridized carbons (Fsp3) is 0.560. The first kappa shape index (κ1) is 25.0. The van der Waals surface area contributed by atoms with Crippen molar-refractivity contribution in [2.24, 2.45) is 29.4 Å². The number of nitrogens with two attached hydrogens (primary N) is 1. The third-order valence-corrected chi connectivity index (χ3v) is 7.66. The lowest BCUT2D eigenvalue weighted by atomic mass is 9.52. The number of ether oxygens (including phenoxy) is 1. The molecule has 4 N–H and O–H groups in total. The summed E-state index contributed by atoms with van der Waals surface area (Å²) in [6.45, 7) is 2.42. The molecule has 0 radical (unpaired) electrons. The van der Waals surface area contributed by atoms with Gasteiger partial charge in [0.25, 0.3) is 0 Å². The Bertz CT molecular complexity index is 1130. The highest BCUT2D eigenvalue weighted by atomic mass is 16.5. The van der Waals surface area contributed by atoms with Gasteiger partial charge in [-0.1, -0.05) is 13.3 Å². The molecule has 0 bridgehead atoms. The number of hydrogen-bond acceptors (Lipinski definition) is 9. The molecular formula is C25H30N2O8. The number of nitrogens with zero attached hydrogens (tertiary/aromatic N) is 1. The summed E-state index contributed by atoms with van der Waals surface area (Å²) in [6, 6.07) is 1.77. The number of phenolic OH excluding ortho intramolecular Hbond substituents is 1. The van der Waals surface area contributed by atoms with Crippen LogP contribution in [0, 0.1) is 23.7 Å². The van der Waals surface area contributed by atoms with E-state index in [-0.39, 0.29) is 24.2 Å². The van der Waals surface area contributed by atoms with Gasteiger partial charge in [-0.3, -0.25) is 28.9 Å². The number of fused-ring (bicyclic) bond motifs is 3. The lowest BCUT2D eigenvalue weighted by Crippen LogP contribution is -2.74. The summed E-state index contributed by atoms with van der Waals surface area (Å²) in [5.74, 6) is -10.1. The van der Waals surface area contributed by atoms with Gasteiger partial charge in [-0.05, 0) is 51.4 Å². The molecule has 6 atom stereocenters. The predicted octanol–water partition coefficient (Wildman–Crippen LogP) is 0.0459. The Balaban J connectivity index is 1.81. The van der Waals surface area contributed by atoms with Gasteiger partial charge in [0.2, 0.25) is 5.91 Å². The molecule has 4 rings (SSSR count). The first-order valence-electron chi connectivity index (χ1n) is 11.8. The van der Waals surface area contributed by atoms with Crippen LogP contribution in [0.25, 0.3) is 0 Å². The van der Waals surface area contributed by atoms with Gasteiger partial charge >= 0.3 is 0 Å². The van der Waals surface area contributed by atoms with E-state index < -0.39 is 64.4 Å². The van der Waals surface area contributed by atoms with Crippen LogP contribution in [0.15, 0.2) is 12.1 Å². The molecule has 3 aliphatic rings. The van der Waals surface area contributed by atoms with E-state index in [0.717, 1.165) is 12.8 Å². The zero-order valence-electron chi connectivity index (χ0n) is 19.9. The Hall–Kier alpha value is -3.11. The van der Waals surface area contributed by atoms with E-state index in [9.17, 15) is 34.2 Å². The van der Waals surface area contributed by atoms with Crippen molar-refractivity contribution in [3.8, 4) is 11.5 Å². The normalized spacial score (nSPS) is 32.2. The molecule has 0 spiro atoms. The van der Waals surface area contributed by atoms with Gasteiger partial charge < -0.3 is 20.7 Å². The number of likely N-dealkylation sites (N-methyl/N-ethyl adjacent to an activating group) is 1. The van der Waals surface area contributed by atoms with E-state index in [4.69, 9.17) is 10.5 Å². The maximum Gasteiger partial charge on any atom is 0.235 e. The van der Waals surface area contributed by atoms with Crippen molar-refractivity contribution in [1.82, 2.24) is 4.90 Å². The minimum Gasteiger partial charge on any atom is -0.507 e. The van der Waals surface area contributed by atoms with Gasteiger partial charge in [-0.25, -0.2) is 0 Å².